The van der Waals surface area contributed by atoms with E-state index in [1.54, 1.807) is 35.2 Å². The summed E-state index contributed by atoms with van der Waals surface area (Å²) in [6, 6.07) is 12.3. The number of anilines is 1. The molecule has 2 aromatic carbocycles. The third kappa shape index (κ3) is 4.09. The standard InChI is InChI=1S/C23H28N2O4S/c1-3-24(4-2)30(27,28)21-11-12-22-19(15-21)13-14-25(22)23(26)18-7-9-20(10-8-18)29-16-17-5-6-17/h7-12,15,17H,3-6,13-14,16H2,1-2H3. The fraction of sp³-hybridized carbons (Fsp3) is 0.435. The summed E-state index contributed by atoms with van der Waals surface area (Å²) in [6.45, 7) is 5.81. The van der Waals surface area contributed by atoms with Crippen LogP contribution in [0.25, 0.3) is 0 Å². The van der Waals surface area contributed by atoms with E-state index in [0.29, 0.717) is 37.5 Å². The Kier molecular flexibility index (Phi) is 5.84. The lowest BCUT2D eigenvalue weighted by molar-refractivity contribution is 0.0989. The van der Waals surface area contributed by atoms with Gasteiger partial charge in [-0.1, -0.05) is 13.8 Å². The molecule has 0 N–H and O–H groups in total. The second-order valence-electron chi connectivity index (χ2n) is 7.87. The molecule has 1 aliphatic heterocycles. The summed E-state index contributed by atoms with van der Waals surface area (Å²) in [7, 11) is -3.51. The van der Waals surface area contributed by atoms with Crippen molar-refractivity contribution in [3.8, 4) is 5.75 Å². The Bertz CT molecular complexity index is 1030. The molecule has 4 rings (SSSR count). The van der Waals surface area contributed by atoms with Crippen LogP contribution in [-0.4, -0.2) is 44.9 Å². The molecule has 0 bridgehead atoms. The van der Waals surface area contributed by atoms with Crippen molar-refractivity contribution < 1.29 is 17.9 Å². The Hall–Kier alpha value is -2.38. The lowest BCUT2D eigenvalue weighted by Gasteiger charge is -2.20. The van der Waals surface area contributed by atoms with Gasteiger partial charge in [-0.15, -0.1) is 0 Å². The van der Waals surface area contributed by atoms with Crippen LogP contribution in [-0.2, 0) is 16.4 Å². The van der Waals surface area contributed by atoms with Gasteiger partial charge in [0.25, 0.3) is 5.91 Å². The van der Waals surface area contributed by atoms with Crippen LogP contribution in [0, 0.1) is 5.92 Å². The molecule has 0 radical (unpaired) electrons. The van der Waals surface area contributed by atoms with Crippen molar-refractivity contribution in [3.05, 3.63) is 53.6 Å². The molecule has 7 heteroatoms. The zero-order chi connectivity index (χ0) is 21.3. The van der Waals surface area contributed by atoms with Gasteiger partial charge in [0.2, 0.25) is 10.0 Å². The van der Waals surface area contributed by atoms with Gasteiger partial charge in [0, 0.05) is 30.9 Å². The van der Waals surface area contributed by atoms with Crippen LogP contribution < -0.4 is 9.64 Å². The van der Waals surface area contributed by atoms with Gasteiger partial charge in [-0.05, 0) is 73.2 Å². The molecule has 1 fully saturated rings. The maximum Gasteiger partial charge on any atom is 0.258 e. The Morgan fingerprint density at radius 3 is 2.43 bits per heavy atom. The first-order chi connectivity index (χ1) is 14.4. The minimum atomic E-state index is -3.51. The summed E-state index contributed by atoms with van der Waals surface area (Å²) in [5.74, 6) is 1.39. The molecule has 1 saturated carbocycles. The fourth-order valence-electron chi connectivity index (χ4n) is 3.81. The molecule has 1 aliphatic carbocycles. The first-order valence-electron chi connectivity index (χ1n) is 10.6. The average Bonchev–Trinajstić information content (AvgIpc) is 3.49. The van der Waals surface area contributed by atoms with E-state index in [1.165, 1.54) is 17.1 Å². The number of rotatable bonds is 8. The number of hydrogen-bond donors (Lipinski definition) is 0. The van der Waals surface area contributed by atoms with E-state index >= 15 is 0 Å². The van der Waals surface area contributed by atoms with Gasteiger partial charge in [-0.25, -0.2) is 8.42 Å². The number of amides is 1. The highest BCUT2D eigenvalue weighted by Gasteiger charge is 2.29. The summed E-state index contributed by atoms with van der Waals surface area (Å²) in [5, 5.41) is 0. The van der Waals surface area contributed by atoms with Gasteiger partial charge in [0.1, 0.15) is 5.75 Å². The number of hydrogen-bond acceptors (Lipinski definition) is 4. The molecule has 1 heterocycles. The Morgan fingerprint density at radius 1 is 1.10 bits per heavy atom. The highest BCUT2D eigenvalue weighted by atomic mass is 32.2. The monoisotopic (exact) mass is 428 g/mol. The molecule has 0 aromatic heterocycles. The third-order valence-electron chi connectivity index (χ3n) is 5.82. The Balaban J connectivity index is 1.50. The molecule has 2 aromatic rings. The van der Waals surface area contributed by atoms with Crippen molar-refractivity contribution in [1.82, 2.24) is 4.31 Å². The minimum Gasteiger partial charge on any atom is -0.493 e. The third-order valence-corrected chi connectivity index (χ3v) is 7.86. The van der Waals surface area contributed by atoms with Gasteiger partial charge in [0.15, 0.2) is 0 Å². The molecule has 6 nitrogen and oxygen atoms in total. The first kappa shape index (κ1) is 20.9. The number of carbonyl (C=O) groups excluding carboxylic acids is 1. The lowest BCUT2D eigenvalue weighted by Crippen LogP contribution is -2.30. The summed E-state index contributed by atoms with van der Waals surface area (Å²) in [4.78, 5) is 15.1. The summed E-state index contributed by atoms with van der Waals surface area (Å²) in [5.41, 5.74) is 2.27. The summed E-state index contributed by atoms with van der Waals surface area (Å²) in [6.07, 6.45) is 3.12. The number of sulfonamides is 1. The van der Waals surface area contributed by atoms with E-state index in [0.717, 1.165) is 23.6 Å². The van der Waals surface area contributed by atoms with Gasteiger partial charge < -0.3 is 9.64 Å². The normalized spacial score (nSPS) is 16.0. The van der Waals surface area contributed by atoms with Crippen LogP contribution in [0.1, 0.15) is 42.6 Å². The van der Waals surface area contributed by atoms with Crippen molar-refractivity contribution >= 4 is 21.6 Å². The van der Waals surface area contributed by atoms with Crippen LogP contribution in [0.4, 0.5) is 5.69 Å². The zero-order valence-corrected chi connectivity index (χ0v) is 18.3. The maximum atomic E-state index is 13.0. The smallest absolute Gasteiger partial charge is 0.258 e. The number of benzene rings is 2. The molecule has 2 aliphatic rings. The van der Waals surface area contributed by atoms with Gasteiger partial charge in [-0.2, -0.15) is 4.31 Å². The van der Waals surface area contributed by atoms with Gasteiger partial charge >= 0.3 is 0 Å². The van der Waals surface area contributed by atoms with Crippen LogP contribution in [0.3, 0.4) is 0 Å². The largest absolute Gasteiger partial charge is 0.493 e. The van der Waals surface area contributed by atoms with Crippen LogP contribution >= 0.6 is 0 Å². The highest BCUT2D eigenvalue weighted by Crippen LogP contribution is 2.33. The number of fused-ring (bicyclic) bond motifs is 1. The lowest BCUT2D eigenvalue weighted by atomic mass is 10.1. The maximum absolute atomic E-state index is 13.0. The summed E-state index contributed by atoms with van der Waals surface area (Å²) >= 11 is 0. The summed E-state index contributed by atoms with van der Waals surface area (Å²) < 4.78 is 32.8. The van der Waals surface area contributed by atoms with E-state index in [9.17, 15) is 13.2 Å². The minimum absolute atomic E-state index is 0.0816. The number of carbonyl (C=O) groups is 1. The van der Waals surface area contributed by atoms with Crippen molar-refractivity contribution in [2.75, 3.05) is 31.1 Å². The number of nitrogens with zero attached hydrogens (tertiary/aromatic N) is 2. The van der Waals surface area contributed by atoms with Crippen LogP contribution in [0.15, 0.2) is 47.4 Å². The van der Waals surface area contributed by atoms with E-state index < -0.39 is 10.0 Å². The Labute approximate surface area is 178 Å². The molecule has 160 valence electrons. The SMILES string of the molecule is CCN(CC)S(=O)(=O)c1ccc2c(c1)CCN2C(=O)c1ccc(OCC2CC2)cc1. The van der Waals surface area contributed by atoms with E-state index in [-0.39, 0.29) is 10.8 Å². The Morgan fingerprint density at radius 2 is 1.80 bits per heavy atom. The van der Waals surface area contributed by atoms with Crippen molar-refractivity contribution in [1.29, 1.82) is 0 Å². The quantitative estimate of drug-likeness (QED) is 0.643. The molecule has 0 saturated heterocycles. The topological polar surface area (TPSA) is 66.9 Å². The predicted molar refractivity (Wildman–Crippen MR) is 117 cm³/mol. The van der Waals surface area contributed by atoms with E-state index in [1.807, 2.05) is 26.0 Å². The molecule has 1 amide bonds. The molecule has 0 spiro atoms. The average molecular weight is 429 g/mol. The predicted octanol–water partition coefficient (Wildman–Crippen LogP) is 3.71. The van der Waals surface area contributed by atoms with E-state index in [4.69, 9.17) is 4.74 Å². The molecule has 30 heavy (non-hydrogen) atoms. The second kappa shape index (κ2) is 8.40. The first-order valence-corrected chi connectivity index (χ1v) is 12.1. The number of ether oxygens (including phenoxy) is 1. The van der Waals surface area contributed by atoms with Crippen molar-refractivity contribution in [2.24, 2.45) is 5.92 Å². The van der Waals surface area contributed by atoms with E-state index in [2.05, 4.69) is 0 Å². The van der Waals surface area contributed by atoms with Crippen molar-refractivity contribution in [3.63, 3.8) is 0 Å². The van der Waals surface area contributed by atoms with Crippen molar-refractivity contribution in [2.45, 2.75) is 38.0 Å². The highest BCUT2D eigenvalue weighted by molar-refractivity contribution is 7.89. The second-order valence-corrected chi connectivity index (χ2v) is 9.80. The molecular weight excluding hydrogens is 400 g/mol. The molecule has 0 atom stereocenters. The zero-order valence-electron chi connectivity index (χ0n) is 17.5. The van der Waals surface area contributed by atoms with Crippen LogP contribution in [0.2, 0.25) is 0 Å². The van der Waals surface area contributed by atoms with Gasteiger partial charge in [-0.3, -0.25) is 4.79 Å². The molecule has 0 unspecified atom stereocenters. The van der Waals surface area contributed by atoms with Crippen LogP contribution in [0.5, 0.6) is 5.75 Å². The van der Waals surface area contributed by atoms with Gasteiger partial charge in [0.05, 0.1) is 11.5 Å². The molecular formula is C23H28N2O4S. The fourth-order valence-corrected chi connectivity index (χ4v) is 5.32.